The summed E-state index contributed by atoms with van der Waals surface area (Å²) in [6, 6.07) is 16.2. The van der Waals surface area contributed by atoms with Gasteiger partial charge in [0.15, 0.2) is 0 Å². The van der Waals surface area contributed by atoms with Crippen LogP contribution in [0.2, 0.25) is 0 Å². The van der Waals surface area contributed by atoms with Crippen LogP contribution in [0.1, 0.15) is 11.1 Å². The molecule has 0 radical (unpaired) electrons. The maximum atomic E-state index is 6.15. The van der Waals surface area contributed by atoms with Crippen molar-refractivity contribution in [3.8, 4) is 16.9 Å². The highest BCUT2D eigenvalue weighted by Crippen LogP contribution is 2.26. The summed E-state index contributed by atoms with van der Waals surface area (Å²) in [6.45, 7) is 4.13. The first-order valence-corrected chi connectivity index (χ1v) is 7.53. The Morgan fingerprint density at radius 1 is 1.00 bits per heavy atom. The molecule has 21 heavy (non-hydrogen) atoms. The summed E-state index contributed by atoms with van der Waals surface area (Å²) in [5.41, 5.74) is 11.4. The first-order valence-electron chi connectivity index (χ1n) is 6.74. The van der Waals surface area contributed by atoms with E-state index in [0.29, 0.717) is 5.82 Å². The monoisotopic (exact) mass is 341 g/mol. The minimum atomic E-state index is 0.640. The van der Waals surface area contributed by atoms with E-state index in [2.05, 4.69) is 53.1 Å². The van der Waals surface area contributed by atoms with Gasteiger partial charge in [0.1, 0.15) is 5.82 Å². The Bertz CT molecular complexity index is 788. The van der Waals surface area contributed by atoms with Gasteiger partial charge < -0.3 is 5.73 Å². The second-order valence-corrected chi connectivity index (χ2v) is 6.08. The second-order valence-electron chi connectivity index (χ2n) is 5.16. The largest absolute Gasteiger partial charge is 0.384 e. The summed E-state index contributed by atoms with van der Waals surface area (Å²) in [7, 11) is 0. The van der Waals surface area contributed by atoms with E-state index in [1.165, 1.54) is 5.56 Å². The van der Waals surface area contributed by atoms with Crippen LogP contribution < -0.4 is 5.73 Å². The number of benzene rings is 2. The molecule has 0 saturated carbocycles. The number of aromatic nitrogens is 2. The molecule has 2 aromatic carbocycles. The second kappa shape index (κ2) is 5.37. The Morgan fingerprint density at radius 2 is 1.71 bits per heavy atom. The zero-order valence-corrected chi connectivity index (χ0v) is 13.6. The van der Waals surface area contributed by atoms with Gasteiger partial charge in [-0.2, -0.15) is 5.10 Å². The molecule has 106 valence electrons. The number of anilines is 1. The Morgan fingerprint density at radius 3 is 2.43 bits per heavy atom. The van der Waals surface area contributed by atoms with Crippen molar-refractivity contribution in [3.63, 3.8) is 0 Å². The van der Waals surface area contributed by atoms with E-state index >= 15 is 0 Å². The number of nitrogens with zero attached hydrogens (tertiary/aromatic N) is 2. The third kappa shape index (κ3) is 2.72. The SMILES string of the molecule is Cc1ccc(C)c(-n2nc(-c3ccc(Br)cc3)cc2N)c1. The average molecular weight is 342 g/mol. The maximum Gasteiger partial charge on any atom is 0.127 e. The van der Waals surface area contributed by atoms with Crippen molar-refractivity contribution < 1.29 is 0 Å². The molecule has 2 N–H and O–H groups in total. The molecule has 0 aliphatic heterocycles. The van der Waals surface area contributed by atoms with Crippen LogP contribution in [-0.4, -0.2) is 9.78 Å². The summed E-state index contributed by atoms with van der Waals surface area (Å²) in [5.74, 6) is 0.640. The van der Waals surface area contributed by atoms with Crippen LogP contribution in [0.5, 0.6) is 0 Å². The maximum absolute atomic E-state index is 6.15. The smallest absolute Gasteiger partial charge is 0.127 e. The summed E-state index contributed by atoms with van der Waals surface area (Å²) in [6.07, 6.45) is 0. The third-order valence-electron chi connectivity index (χ3n) is 3.47. The number of nitrogen functional groups attached to an aromatic ring is 1. The minimum Gasteiger partial charge on any atom is -0.384 e. The van der Waals surface area contributed by atoms with Gasteiger partial charge in [-0.05, 0) is 43.2 Å². The third-order valence-corrected chi connectivity index (χ3v) is 4.00. The molecular weight excluding hydrogens is 326 g/mol. The lowest BCUT2D eigenvalue weighted by atomic mass is 10.1. The van der Waals surface area contributed by atoms with Crippen molar-refractivity contribution in [2.75, 3.05) is 5.73 Å². The van der Waals surface area contributed by atoms with Crippen LogP contribution in [0.3, 0.4) is 0 Å². The van der Waals surface area contributed by atoms with E-state index in [-0.39, 0.29) is 0 Å². The minimum absolute atomic E-state index is 0.640. The summed E-state index contributed by atoms with van der Waals surface area (Å²) >= 11 is 3.44. The molecule has 0 amide bonds. The van der Waals surface area contributed by atoms with Gasteiger partial charge in [0.2, 0.25) is 0 Å². The average Bonchev–Trinajstić information content (AvgIpc) is 2.84. The van der Waals surface area contributed by atoms with Crippen molar-refractivity contribution in [1.82, 2.24) is 9.78 Å². The van der Waals surface area contributed by atoms with Gasteiger partial charge in [-0.25, -0.2) is 4.68 Å². The predicted molar refractivity (Wildman–Crippen MR) is 90.6 cm³/mol. The highest BCUT2D eigenvalue weighted by Gasteiger charge is 2.10. The fraction of sp³-hybridized carbons (Fsp3) is 0.118. The van der Waals surface area contributed by atoms with Crippen molar-refractivity contribution in [2.24, 2.45) is 0 Å². The molecule has 1 heterocycles. The number of hydrogen-bond acceptors (Lipinski definition) is 2. The van der Waals surface area contributed by atoms with Crippen LogP contribution in [-0.2, 0) is 0 Å². The Labute approximate surface area is 132 Å². The van der Waals surface area contributed by atoms with E-state index < -0.39 is 0 Å². The van der Waals surface area contributed by atoms with Gasteiger partial charge in [0.05, 0.1) is 11.4 Å². The molecule has 0 unspecified atom stereocenters. The van der Waals surface area contributed by atoms with Crippen LogP contribution in [0.25, 0.3) is 16.9 Å². The van der Waals surface area contributed by atoms with Crippen molar-refractivity contribution >= 4 is 21.7 Å². The molecule has 3 aromatic rings. The molecule has 0 bridgehead atoms. The quantitative estimate of drug-likeness (QED) is 0.745. The zero-order valence-electron chi connectivity index (χ0n) is 12.0. The molecule has 4 heteroatoms. The first-order chi connectivity index (χ1) is 10.0. The van der Waals surface area contributed by atoms with Crippen LogP contribution in [0.4, 0.5) is 5.82 Å². The molecule has 0 spiro atoms. The van der Waals surface area contributed by atoms with Crippen LogP contribution in [0.15, 0.2) is 53.0 Å². The fourth-order valence-corrected chi connectivity index (χ4v) is 2.56. The summed E-state index contributed by atoms with van der Waals surface area (Å²) < 4.78 is 2.85. The lowest BCUT2D eigenvalue weighted by Crippen LogP contribution is -2.04. The highest BCUT2D eigenvalue weighted by atomic mass is 79.9. The van der Waals surface area contributed by atoms with Gasteiger partial charge in [0.25, 0.3) is 0 Å². The molecule has 3 nitrogen and oxygen atoms in total. The number of halogens is 1. The summed E-state index contributed by atoms with van der Waals surface area (Å²) in [4.78, 5) is 0. The van der Waals surface area contributed by atoms with E-state index in [4.69, 9.17) is 5.73 Å². The van der Waals surface area contributed by atoms with E-state index in [1.807, 2.05) is 30.3 Å². The standard InChI is InChI=1S/C17H16BrN3/c1-11-3-4-12(2)16(9-11)21-17(19)10-15(20-21)13-5-7-14(18)8-6-13/h3-10H,19H2,1-2H3. The number of nitrogens with two attached hydrogens (primary N) is 1. The normalized spacial score (nSPS) is 10.8. The number of hydrogen-bond donors (Lipinski definition) is 1. The van der Waals surface area contributed by atoms with Gasteiger partial charge in [-0.15, -0.1) is 0 Å². The zero-order chi connectivity index (χ0) is 15.0. The lowest BCUT2D eigenvalue weighted by molar-refractivity contribution is 0.885. The lowest BCUT2D eigenvalue weighted by Gasteiger charge is -2.08. The molecule has 1 aromatic heterocycles. The number of rotatable bonds is 2. The number of aryl methyl sites for hydroxylation is 2. The Kier molecular flexibility index (Phi) is 3.55. The predicted octanol–water partition coefficient (Wildman–Crippen LogP) is 4.50. The van der Waals surface area contributed by atoms with Crippen molar-refractivity contribution in [2.45, 2.75) is 13.8 Å². The Balaban J connectivity index is 2.09. The molecule has 0 fully saturated rings. The van der Waals surface area contributed by atoms with Gasteiger partial charge in [-0.3, -0.25) is 0 Å². The molecule has 0 atom stereocenters. The highest BCUT2D eigenvalue weighted by molar-refractivity contribution is 9.10. The molecule has 0 aliphatic carbocycles. The topological polar surface area (TPSA) is 43.8 Å². The van der Waals surface area contributed by atoms with Gasteiger partial charge >= 0.3 is 0 Å². The van der Waals surface area contributed by atoms with Crippen molar-refractivity contribution in [1.29, 1.82) is 0 Å². The Hall–Kier alpha value is -2.07. The van der Waals surface area contributed by atoms with Gasteiger partial charge in [0, 0.05) is 16.1 Å². The molecule has 3 rings (SSSR count). The van der Waals surface area contributed by atoms with Crippen LogP contribution in [0, 0.1) is 13.8 Å². The first kappa shape index (κ1) is 13.9. The van der Waals surface area contributed by atoms with E-state index in [0.717, 1.165) is 27.0 Å². The van der Waals surface area contributed by atoms with E-state index in [9.17, 15) is 0 Å². The fourth-order valence-electron chi connectivity index (χ4n) is 2.30. The van der Waals surface area contributed by atoms with Crippen LogP contribution >= 0.6 is 15.9 Å². The van der Waals surface area contributed by atoms with E-state index in [1.54, 1.807) is 4.68 Å². The molecule has 0 saturated heterocycles. The van der Waals surface area contributed by atoms with Gasteiger partial charge in [-0.1, -0.05) is 40.2 Å². The molecule has 0 aliphatic rings. The summed E-state index contributed by atoms with van der Waals surface area (Å²) in [5, 5.41) is 4.66. The van der Waals surface area contributed by atoms with Crippen molar-refractivity contribution in [3.05, 3.63) is 64.1 Å². The molecular formula is C17H16BrN3.